The van der Waals surface area contributed by atoms with E-state index >= 15 is 0 Å². The van der Waals surface area contributed by atoms with Crippen LogP contribution in [0.3, 0.4) is 0 Å². The number of hydrogen-bond donors (Lipinski definition) is 12. The molecular formula is C36H56N9O16P. The molecule has 0 spiro atoms. The van der Waals surface area contributed by atoms with Crippen LogP contribution in [0.15, 0.2) is 30.3 Å². The highest BCUT2D eigenvalue weighted by molar-refractivity contribution is 7.52. The van der Waals surface area contributed by atoms with E-state index in [2.05, 4.69) is 37.2 Å². The molecule has 62 heavy (non-hydrogen) atoms. The van der Waals surface area contributed by atoms with Gasteiger partial charge in [-0.05, 0) is 46.1 Å². The van der Waals surface area contributed by atoms with Crippen LogP contribution in [-0.2, 0) is 68.0 Å². The van der Waals surface area contributed by atoms with Crippen molar-refractivity contribution < 1.29 is 76.9 Å². The highest BCUT2D eigenvalue weighted by atomic mass is 31.2. The molecule has 26 heteroatoms. The number of aliphatic hydroxyl groups excluding tert-OH is 1. The zero-order valence-corrected chi connectivity index (χ0v) is 35.7. The lowest BCUT2D eigenvalue weighted by molar-refractivity contribution is -0.143. The number of amides is 8. The van der Waals surface area contributed by atoms with E-state index in [9.17, 15) is 57.6 Å². The van der Waals surface area contributed by atoms with Crippen LogP contribution in [-0.4, -0.2) is 156 Å². The van der Waals surface area contributed by atoms with Crippen LogP contribution in [0.5, 0.6) is 0 Å². The predicted octanol–water partition coefficient (Wildman–Crippen LogP) is -4.43. The van der Waals surface area contributed by atoms with Crippen LogP contribution < -0.4 is 48.3 Å². The standard InChI is InChI=1S/C36H56N9O16P/c1-6-60-62(5,59)61-18-26(45-34(55)24(12-13-29(49)50)43-28(48)16-39-33(54)23(37)14-22-10-8-7-9-11-22)35(56)42-19(2)30(51)38-15-27(47)40-20(3)31(52)41-21(4)32(53)44-25(17-46)36(57)58/h7-11,19-21,23-26,46H,6,12-18,37H2,1-5H3,(H,38,51)(H,39,54)(H,40,47)(H,41,52)(H,42,56)(H,43,48)(H,44,53)(H,45,55)(H,49,50)(H,57,58)/t19-,20-,21-,23-,24?,25+,26-,62?/m0/s1. The highest BCUT2D eigenvalue weighted by Crippen LogP contribution is 2.43. The molecule has 2 unspecified atom stereocenters. The Balaban J connectivity index is 2.94. The molecule has 0 radical (unpaired) electrons. The van der Waals surface area contributed by atoms with Gasteiger partial charge in [-0.2, -0.15) is 0 Å². The number of nitrogens with one attached hydrogen (secondary N) is 8. The molecule has 1 aromatic carbocycles. The van der Waals surface area contributed by atoms with Gasteiger partial charge in [-0.3, -0.25) is 47.7 Å². The Morgan fingerprint density at radius 2 is 1.16 bits per heavy atom. The van der Waals surface area contributed by atoms with Gasteiger partial charge < -0.3 is 72.6 Å². The smallest absolute Gasteiger partial charge is 0.328 e. The first-order valence-corrected chi connectivity index (χ1v) is 21.1. The lowest BCUT2D eigenvalue weighted by atomic mass is 10.1. The first kappa shape index (κ1) is 54.0. The largest absolute Gasteiger partial charge is 0.481 e. The number of benzene rings is 1. The normalized spacial score (nSPS) is 15.2. The van der Waals surface area contributed by atoms with E-state index in [1.54, 1.807) is 30.3 Å². The maximum absolute atomic E-state index is 13.4. The van der Waals surface area contributed by atoms with Crippen molar-refractivity contribution in [1.82, 2.24) is 42.5 Å². The summed E-state index contributed by atoms with van der Waals surface area (Å²) in [6.45, 7) is 3.12. The third kappa shape index (κ3) is 21.0. The van der Waals surface area contributed by atoms with E-state index in [-0.39, 0.29) is 13.0 Å². The lowest BCUT2D eigenvalue weighted by Gasteiger charge is -2.25. The number of carboxylic acids is 2. The van der Waals surface area contributed by atoms with Gasteiger partial charge in [0.25, 0.3) is 0 Å². The molecule has 0 fully saturated rings. The van der Waals surface area contributed by atoms with Crippen LogP contribution in [0.1, 0.15) is 46.1 Å². The summed E-state index contributed by atoms with van der Waals surface area (Å²) in [6.07, 6.45) is -0.952. The number of aliphatic hydroxyl groups is 1. The number of carboxylic acid groups (broad SMARTS) is 2. The van der Waals surface area contributed by atoms with Gasteiger partial charge in [0.05, 0.1) is 39.0 Å². The fourth-order valence-corrected chi connectivity index (χ4v) is 5.89. The summed E-state index contributed by atoms with van der Waals surface area (Å²) >= 11 is 0. The monoisotopic (exact) mass is 901 g/mol. The fraction of sp³-hybridized carbons (Fsp3) is 0.556. The van der Waals surface area contributed by atoms with Crippen molar-refractivity contribution in [2.24, 2.45) is 5.73 Å². The Labute approximate surface area is 356 Å². The van der Waals surface area contributed by atoms with Crippen LogP contribution >= 0.6 is 7.60 Å². The molecule has 0 saturated carbocycles. The second-order valence-electron chi connectivity index (χ2n) is 13.7. The SMILES string of the molecule is CCOP(C)(=O)OC[C@H](NC(=O)C(CCC(=O)O)NC(=O)CNC(=O)[C@@H](N)Cc1ccccc1)C(=O)N[C@@H](C)C(=O)NCC(=O)N[C@@H](C)C(=O)N[C@@H](C)C(=O)N[C@H](CO)C(=O)O. The lowest BCUT2D eigenvalue weighted by Crippen LogP contribution is -2.58. The Kier molecular flexibility index (Phi) is 23.6. The van der Waals surface area contributed by atoms with Crippen molar-refractivity contribution in [2.45, 2.75) is 89.3 Å². The molecule has 0 saturated heterocycles. The van der Waals surface area contributed by atoms with Crippen molar-refractivity contribution in [1.29, 1.82) is 0 Å². The van der Waals surface area contributed by atoms with Gasteiger partial charge in [-0.25, -0.2) is 4.79 Å². The van der Waals surface area contributed by atoms with Gasteiger partial charge >= 0.3 is 19.5 Å². The summed E-state index contributed by atoms with van der Waals surface area (Å²) in [6, 6.07) is -1.12. The highest BCUT2D eigenvalue weighted by Gasteiger charge is 2.32. The summed E-state index contributed by atoms with van der Waals surface area (Å²) in [5.41, 5.74) is 6.70. The molecule has 0 heterocycles. The van der Waals surface area contributed by atoms with E-state index in [4.69, 9.17) is 25.0 Å². The Bertz CT molecular complexity index is 1800. The number of aliphatic carboxylic acids is 2. The molecule has 0 aliphatic heterocycles. The summed E-state index contributed by atoms with van der Waals surface area (Å²) in [7, 11) is -3.80. The van der Waals surface area contributed by atoms with E-state index in [0.29, 0.717) is 0 Å². The number of nitrogens with two attached hydrogens (primary N) is 1. The van der Waals surface area contributed by atoms with Gasteiger partial charge in [-0.15, -0.1) is 0 Å². The van der Waals surface area contributed by atoms with Crippen molar-refractivity contribution in [3.05, 3.63) is 35.9 Å². The fourth-order valence-electron chi connectivity index (χ4n) is 4.92. The quantitative estimate of drug-likeness (QED) is 0.0353. The molecule has 0 aromatic heterocycles. The summed E-state index contributed by atoms with van der Waals surface area (Å²) in [5.74, 6) is -10.3. The zero-order chi connectivity index (χ0) is 47.2. The first-order chi connectivity index (χ1) is 29.0. The van der Waals surface area contributed by atoms with Gasteiger partial charge in [0.1, 0.15) is 36.3 Å². The van der Waals surface area contributed by atoms with E-state index in [1.165, 1.54) is 27.7 Å². The molecule has 0 bridgehead atoms. The summed E-state index contributed by atoms with van der Waals surface area (Å²) in [5, 5.41) is 45.2. The van der Waals surface area contributed by atoms with Crippen molar-refractivity contribution in [3.8, 4) is 0 Å². The van der Waals surface area contributed by atoms with Gasteiger partial charge in [-0.1, -0.05) is 30.3 Å². The second-order valence-corrected chi connectivity index (χ2v) is 15.7. The molecule has 13 N–H and O–H groups in total. The van der Waals surface area contributed by atoms with E-state index in [1.807, 2.05) is 5.32 Å². The number of carbonyl (C=O) groups excluding carboxylic acids is 8. The van der Waals surface area contributed by atoms with Crippen molar-refractivity contribution in [3.63, 3.8) is 0 Å². The third-order valence-electron chi connectivity index (χ3n) is 8.32. The van der Waals surface area contributed by atoms with E-state index < -0.39 is 148 Å². The number of rotatable bonds is 28. The minimum Gasteiger partial charge on any atom is -0.481 e. The second kappa shape index (κ2) is 27.0. The predicted molar refractivity (Wildman–Crippen MR) is 215 cm³/mol. The molecule has 8 atom stereocenters. The molecule has 346 valence electrons. The summed E-state index contributed by atoms with van der Waals surface area (Å²) < 4.78 is 23.0. The third-order valence-corrected chi connectivity index (χ3v) is 9.67. The van der Waals surface area contributed by atoms with Crippen LogP contribution in [0, 0.1) is 0 Å². The molecule has 0 aliphatic carbocycles. The Hall–Kier alpha value is -6.01. The maximum Gasteiger partial charge on any atom is 0.328 e. The number of carbonyl (C=O) groups is 10. The molecular weight excluding hydrogens is 845 g/mol. The summed E-state index contributed by atoms with van der Waals surface area (Å²) in [4.78, 5) is 125. The van der Waals surface area contributed by atoms with Gasteiger partial charge in [0, 0.05) is 13.1 Å². The minimum atomic E-state index is -3.80. The topological polar surface area (TPSA) is 389 Å². The van der Waals surface area contributed by atoms with Crippen LogP contribution in [0.4, 0.5) is 0 Å². The molecule has 8 amide bonds. The molecule has 0 aliphatic rings. The average Bonchev–Trinajstić information content (AvgIpc) is 3.20. The zero-order valence-electron chi connectivity index (χ0n) is 34.8. The van der Waals surface area contributed by atoms with Crippen molar-refractivity contribution >= 4 is 66.8 Å². The molecule has 25 nitrogen and oxygen atoms in total. The molecule has 1 rings (SSSR count). The molecule has 1 aromatic rings. The minimum absolute atomic E-state index is 0.0566. The van der Waals surface area contributed by atoms with E-state index in [0.717, 1.165) is 12.2 Å². The first-order valence-electron chi connectivity index (χ1n) is 19.1. The van der Waals surface area contributed by atoms with Crippen LogP contribution in [0.25, 0.3) is 0 Å². The average molecular weight is 902 g/mol. The van der Waals surface area contributed by atoms with Gasteiger partial charge in [0.2, 0.25) is 47.3 Å². The maximum atomic E-state index is 13.4. The number of hydrogen-bond acceptors (Lipinski definition) is 15. The van der Waals surface area contributed by atoms with Gasteiger partial charge in [0.15, 0.2) is 0 Å². The Morgan fingerprint density at radius 1 is 0.661 bits per heavy atom. The van der Waals surface area contributed by atoms with Crippen molar-refractivity contribution in [2.75, 3.05) is 39.6 Å². The Morgan fingerprint density at radius 3 is 1.73 bits per heavy atom. The van der Waals surface area contributed by atoms with Crippen LogP contribution in [0.2, 0.25) is 0 Å².